The first-order valence-corrected chi connectivity index (χ1v) is 11.5. The third-order valence-electron chi connectivity index (χ3n) is 5.98. The maximum Gasteiger partial charge on any atom is 0.417 e. The van der Waals surface area contributed by atoms with E-state index in [4.69, 9.17) is 11.6 Å². The maximum absolute atomic E-state index is 13.0. The molecule has 2 amide bonds. The molecule has 0 bridgehead atoms. The minimum Gasteiger partial charge on any atom is -0.355 e. The fourth-order valence-electron chi connectivity index (χ4n) is 4.12. The van der Waals surface area contributed by atoms with E-state index in [0.29, 0.717) is 26.2 Å². The van der Waals surface area contributed by atoms with Crippen molar-refractivity contribution in [2.24, 2.45) is 0 Å². The van der Waals surface area contributed by atoms with Crippen molar-refractivity contribution in [3.8, 4) is 0 Å². The second kappa shape index (κ2) is 10.0. The Morgan fingerprint density at radius 3 is 1.97 bits per heavy atom. The van der Waals surface area contributed by atoms with Crippen molar-refractivity contribution in [2.45, 2.75) is 31.9 Å². The molecule has 1 aromatic heterocycles. The van der Waals surface area contributed by atoms with Gasteiger partial charge in [-0.2, -0.15) is 13.2 Å². The quantitative estimate of drug-likeness (QED) is 0.675. The Labute approximate surface area is 195 Å². The number of anilines is 3. The second-order valence-corrected chi connectivity index (χ2v) is 8.65. The van der Waals surface area contributed by atoms with Crippen LogP contribution < -0.4 is 15.1 Å². The Kier molecular flexibility index (Phi) is 7.11. The zero-order chi connectivity index (χ0) is 23.4. The van der Waals surface area contributed by atoms with Crippen molar-refractivity contribution in [1.82, 2.24) is 15.1 Å². The molecule has 0 unspecified atom stereocenters. The Morgan fingerprint density at radius 1 is 0.848 bits per heavy atom. The van der Waals surface area contributed by atoms with E-state index in [1.165, 1.54) is 31.7 Å². The van der Waals surface area contributed by atoms with Crippen molar-refractivity contribution in [1.29, 1.82) is 0 Å². The molecule has 7 nitrogen and oxygen atoms in total. The summed E-state index contributed by atoms with van der Waals surface area (Å²) < 4.78 is 39.1. The van der Waals surface area contributed by atoms with Gasteiger partial charge in [-0.25, -0.2) is 4.79 Å². The zero-order valence-corrected chi connectivity index (χ0v) is 18.9. The molecule has 4 rings (SSSR count). The molecular formula is C22H26ClF3N6O. The monoisotopic (exact) mass is 482 g/mol. The van der Waals surface area contributed by atoms with Crippen LogP contribution in [-0.2, 0) is 6.18 Å². The lowest BCUT2D eigenvalue weighted by Gasteiger charge is -2.35. The number of hydrogen-bond acceptors (Lipinski definition) is 5. The van der Waals surface area contributed by atoms with E-state index in [1.54, 1.807) is 4.90 Å². The largest absolute Gasteiger partial charge is 0.417 e. The van der Waals surface area contributed by atoms with Crippen molar-refractivity contribution in [2.75, 3.05) is 54.4 Å². The predicted molar refractivity (Wildman–Crippen MR) is 122 cm³/mol. The predicted octanol–water partition coefficient (Wildman–Crippen LogP) is 4.88. The number of alkyl halides is 3. The van der Waals surface area contributed by atoms with Gasteiger partial charge >= 0.3 is 12.2 Å². The highest BCUT2D eigenvalue weighted by Gasteiger charge is 2.33. The lowest BCUT2D eigenvalue weighted by atomic mass is 10.2. The number of piperazine rings is 1. The number of nitrogens with one attached hydrogen (secondary N) is 1. The topological polar surface area (TPSA) is 64.6 Å². The zero-order valence-electron chi connectivity index (χ0n) is 18.1. The molecule has 11 heteroatoms. The minimum atomic E-state index is -4.59. The van der Waals surface area contributed by atoms with E-state index in [0.717, 1.165) is 36.9 Å². The number of amides is 2. The van der Waals surface area contributed by atoms with E-state index in [9.17, 15) is 18.0 Å². The van der Waals surface area contributed by atoms with Gasteiger partial charge < -0.3 is 20.0 Å². The molecule has 2 aliphatic heterocycles. The van der Waals surface area contributed by atoms with Crippen molar-refractivity contribution in [3.63, 3.8) is 0 Å². The van der Waals surface area contributed by atoms with Gasteiger partial charge in [0.05, 0.1) is 10.6 Å². The van der Waals surface area contributed by atoms with E-state index >= 15 is 0 Å². The summed E-state index contributed by atoms with van der Waals surface area (Å²) in [6, 6.07) is 6.82. The first-order chi connectivity index (χ1) is 15.8. The number of aromatic nitrogens is 2. The van der Waals surface area contributed by atoms with E-state index < -0.39 is 22.8 Å². The molecule has 0 atom stereocenters. The van der Waals surface area contributed by atoms with Gasteiger partial charge in [0.15, 0.2) is 11.6 Å². The first kappa shape index (κ1) is 23.4. The van der Waals surface area contributed by atoms with Gasteiger partial charge in [-0.05, 0) is 43.2 Å². The smallest absolute Gasteiger partial charge is 0.355 e. The minimum absolute atomic E-state index is 0.0501. The highest BCUT2D eigenvalue weighted by molar-refractivity contribution is 6.31. The Balaban J connectivity index is 1.32. The number of rotatable bonds is 3. The number of nitrogens with zero attached hydrogens (tertiary/aromatic N) is 5. The SMILES string of the molecule is O=C(Nc1ccc(Cl)c(C(F)(F)F)c1)N1CCN(c2ccc(N3CCCCCC3)nn2)CC1. The second-order valence-electron chi connectivity index (χ2n) is 8.25. The summed E-state index contributed by atoms with van der Waals surface area (Å²) in [4.78, 5) is 18.4. The van der Waals surface area contributed by atoms with Crippen LogP contribution in [0.15, 0.2) is 30.3 Å². The van der Waals surface area contributed by atoms with Crippen molar-refractivity contribution < 1.29 is 18.0 Å². The van der Waals surface area contributed by atoms with Gasteiger partial charge in [0, 0.05) is 45.0 Å². The van der Waals surface area contributed by atoms with Crippen LogP contribution in [0.3, 0.4) is 0 Å². The molecule has 1 aromatic carbocycles. The molecule has 0 radical (unpaired) electrons. The number of hydrogen-bond donors (Lipinski definition) is 1. The summed E-state index contributed by atoms with van der Waals surface area (Å²) in [7, 11) is 0. The molecular weight excluding hydrogens is 457 g/mol. The summed E-state index contributed by atoms with van der Waals surface area (Å²) in [5.41, 5.74) is -0.928. The number of benzene rings is 1. The summed E-state index contributed by atoms with van der Waals surface area (Å²) >= 11 is 5.64. The molecule has 33 heavy (non-hydrogen) atoms. The van der Waals surface area contributed by atoms with Crippen LogP contribution in [0.2, 0.25) is 5.02 Å². The van der Waals surface area contributed by atoms with Gasteiger partial charge in [-0.3, -0.25) is 0 Å². The van der Waals surface area contributed by atoms with Crippen LogP contribution in [0.4, 0.5) is 35.3 Å². The Bertz CT molecular complexity index is 956. The molecule has 1 N–H and O–H groups in total. The molecule has 0 aliphatic carbocycles. The molecule has 2 saturated heterocycles. The summed E-state index contributed by atoms with van der Waals surface area (Å²) in [6.45, 7) is 3.95. The lowest BCUT2D eigenvalue weighted by molar-refractivity contribution is -0.137. The highest BCUT2D eigenvalue weighted by atomic mass is 35.5. The summed E-state index contributed by atoms with van der Waals surface area (Å²) in [5, 5.41) is 10.9. The standard InChI is InChI=1S/C22H26ClF3N6O/c23-18-6-5-16(15-17(18)22(24,25)26)27-21(33)32-13-11-31(12-14-32)20-8-7-19(28-29-20)30-9-3-1-2-4-10-30/h5-8,15H,1-4,9-14H2,(H,27,33). The van der Waals surface area contributed by atoms with Crippen molar-refractivity contribution in [3.05, 3.63) is 40.9 Å². The van der Waals surface area contributed by atoms with Gasteiger partial charge in [0.1, 0.15) is 0 Å². The van der Waals surface area contributed by atoms with E-state index in [-0.39, 0.29) is 5.69 Å². The fourth-order valence-corrected chi connectivity index (χ4v) is 4.34. The van der Waals surface area contributed by atoms with Crippen LogP contribution in [0.5, 0.6) is 0 Å². The van der Waals surface area contributed by atoms with Crippen LogP contribution >= 0.6 is 11.6 Å². The third-order valence-corrected chi connectivity index (χ3v) is 6.31. The summed E-state index contributed by atoms with van der Waals surface area (Å²) in [5.74, 6) is 1.64. The number of halogens is 4. The van der Waals surface area contributed by atoms with Gasteiger partial charge in [-0.15, -0.1) is 10.2 Å². The fraction of sp³-hybridized carbons (Fsp3) is 0.500. The van der Waals surface area contributed by atoms with Gasteiger partial charge in [-0.1, -0.05) is 24.4 Å². The molecule has 2 aromatic rings. The van der Waals surface area contributed by atoms with Crippen LogP contribution in [0, 0.1) is 0 Å². The number of carbonyl (C=O) groups is 1. The molecule has 2 fully saturated rings. The van der Waals surface area contributed by atoms with E-state index in [1.807, 2.05) is 17.0 Å². The normalized spacial score (nSPS) is 17.6. The number of urea groups is 1. The molecule has 0 saturated carbocycles. The van der Waals surface area contributed by atoms with Crippen LogP contribution in [0.1, 0.15) is 31.2 Å². The van der Waals surface area contributed by atoms with E-state index in [2.05, 4.69) is 20.4 Å². The average molecular weight is 483 g/mol. The lowest BCUT2D eigenvalue weighted by Crippen LogP contribution is -2.50. The Hall–Kier alpha value is -2.75. The molecule has 2 aliphatic rings. The van der Waals surface area contributed by atoms with Crippen LogP contribution in [-0.4, -0.2) is 60.4 Å². The molecule has 3 heterocycles. The molecule has 0 spiro atoms. The third kappa shape index (κ3) is 5.79. The van der Waals surface area contributed by atoms with Crippen molar-refractivity contribution >= 4 is 35.0 Å². The highest BCUT2D eigenvalue weighted by Crippen LogP contribution is 2.36. The first-order valence-electron chi connectivity index (χ1n) is 11.1. The van der Waals surface area contributed by atoms with Crippen LogP contribution in [0.25, 0.3) is 0 Å². The van der Waals surface area contributed by atoms with Gasteiger partial charge in [0.25, 0.3) is 0 Å². The average Bonchev–Trinajstić information content (AvgIpc) is 3.09. The maximum atomic E-state index is 13.0. The Morgan fingerprint density at radius 2 is 1.42 bits per heavy atom. The number of carbonyl (C=O) groups excluding carboxylic acids is 1. The summed E-state index contributed by atoms with van der Waals surface area (Å²) in [6.07, 6.45) is 0.248. The molecule has 178 valence electrons. The van der Waals surface area contributed by atoms with Gasteiger partial charge in [0.2, 0.25) is 0 Å².